The minimum Gasteiger partial charge on any atom is -0.462 e. The Balaban J connectivity index is 1.31. The van der Waals surface area contributed by atoms with Gasteiger partial charge in [-0.05, 0) is 50.9 Å². The number of fused-ring (bicyclic) bond motifs is 2. The largest absolute Gasteiger partial charge is 0.462 e. The van der Waals surface area contributed by atoms with Crippen LogP contribution in [-0.2, 0) is 17.8 Å². The number of carbonyl (C=O) groups excluding carboxylic acids is 1. The van der Waals surface area contributed by atoms with Crippen molar-refractivity contribution in [2.45, 2.75) is 45.4 Å². The third kappa shape index (κ3) is 5.20. The predicted octanol–water partition coefficient (Wildman–Crippen LogP) is 3.09. The Bertz CT molecular complexity index is 1490. The molecular weight excluding hydrogens is 530 g/mol. The average molecular weight is 567 g/mol. The van der Waals surface area contributed by atoms with Gasteiger partial charge in [0.25, 0.3) is 5.91 Å². The summed E-state index contributed by atoms with van der Waals surface area (Å²) in [6.07, 6.45) is 2.16. The number of H-pyrrole nitrogens is 1. The van der Waals surface area contributed by atoms with E-state index in [-0.39, 0.29) is 12.1 Å². The molecule has 1 amide bonds. The summed E-state index contributed by atoms with van der Waals surface area (Å²) in [7, 11) is 1.90. The monoisotopic (exact) mass is 566 g/mol. The molecule has 5 heterocycles. The summed E-state index contributed by atoms with van der Waals surface area (Å²) in [5.74, 6) is -0.826. The molecule has 41 heavy (non-hydrogen) atoms. The van der Waals surface area contributed by atoms with Crippen LogP contribution in [0.1, 0.15) is 28.8 Å². The van der Waals surface area contributed by atoms with E-state index in [1.54, 1.807) is 0 Å². The van der Waals surface area contributed by atoms with Gasteiger partial charge in [0.15, 0.2) is 5.83 Å². The Labute approximate surface area is 238 Å². The van der Waals surface area contributed by atoms with Crippen LogP contribution in [0.4, 0.5) is 20.3 Å². The minimum atomic E-state index is -0.945. The average Bonchev–Trinajstić information content (AvgIpc) is 3.55. The zero-order valence-corrected chi connectivity index (χ0v) is 23.8. The van der Waals surface area contributed by atoms with Crippen molar-refractivity contribution in [2.24, 2.45) is 0 Å². The number of nitrogens with one attached hydrogen (secondary N) is 1. The van der Waals surface area contributed by atoms with Gasteiger partial charge in [-0.3, -0.25) is 14.8 Å². The van der Waals surface area contributed by atoms with Gasteiger partial charge in [-0.15, -0.1) is 0 Å². The molecule has 2 aromatic heterocycles. The molecule has 6 rings (SSSR count). The van der Waals surface area contributed by atoms with Gasteiger partial charge in [-0.1, -0.05) is 6.58 Å². The highest BCUT2D eigenvalue weighted by Gasteiger charge is 2.32. The second kappa shape index (κ2) is 10.9. The van der Waals surface area contributed by atoms with Crippen LogP contribution in [0.25, 0.3) is 10.9 Å². The summed E-state index contributed by atoms with van der Waals surface area (Å²) >= 11 is 0. The number of hydrogen-bond acceptors (Lipinski definition) is 8. The van der Waals surface area contributed by atoms with Gasteiger partial charge in [-0.25, -0.2) is 8.78 Å². The highest BCUT2D eigenvalue weighted by molar-refractivity contribution is 5.94. The number of anilines is 2. The number of aromatic amines is 1. The van der Waals surface area contributed by atoms with Gasteiger partial charge >= 0.3 is 6.01 Å². The number of carbonyl (C=O) groups is 1. The molecule has 2 fully saturated rings. The Hall–Kier alpha value is -3.80. The van der Waals surface area contributed by atoms with Crippen LogP contribution in [0.3, 0.4) is 0 Å². The third-order valence-electron chi connectivity index (χ3n) is 8.71. The number of likely N-dealkylation sites (tertiary alicyclic amines) is 1. The number of benzene rings is 1. The Morgan fingerprint density at radius 2 is 1.95 bits per heavy atom. The summed E-state index contributed by atoms with van der Waals surface area (Å²) in [4.78, 5) is 29.8. The van der Waals surface area contributed by atoms with Crippen LogP contribution < -0.4 is 14.5 Å². The summed E-state index contributed by atoms with van der Waals surface area (Å²) < 4.78 is 33.6. The van der Waals surface area contributed by atoms with Crippen molar-refractivity contribution in [3.05, 3.63) is 47.1 Å². The van der Waals surface area contributed by atoms with Crippen LogP contribution in [0.2, 0.25) is 0 Å². The topological polar surface area (TPSA) is 93.7 Å². The fourth-order valence-electron chi connectivity index (χ4n) is 6.29. The highest BCUT2D eigenvalue weighted by Crippen LogP contribution is 2.37. The fourth-order valence-corrected chi connectivity index (χ4v) is 6.29. The van der Waals surface area contributed by atoms with Gasteiger partial charge in [0.1, 0.15) is 18.6 Å². The lowest BCUT2D eigenvalue weighted by molar-refractivity contribution is -0.128. The molecule has 3 aliphatic rings. The number of amides is 1. The van der Waals surface area contributed by atoms with E-state index in [0.29, 0.717) is 52.3 Å². The first kappa shape index (κ1) is 27.4. The van der Waals surface area contributed by atoms with E-state index in [0.717, 1.165) is 46.6 Å². The van der Waals surface area contributed by atoms with E-state index in [2.05, 4.69) is 46.5 Å². The summed E-state index contributed by atoms with van der Waals surface area (Å²) in [6, 6.07) is 2.34. The Morgan fingerprint density at radius 1 is 1.17 bits per heavy atom. The number of halogens is 2. The zero-order valence-electron chi connectivity index (χ0n) is 23.8. The minimum absolute atomic E-state index is 0.0442. The molecule has 10 nitrogen and oxygen atoms in total. The molecule has 0 spiro atoms. The molecule has 3 aliphatic heterocycles. The van der Waals surface area contributed by atoms with Gasteiger partial charge in [0.05, 0.1) is 29.6 Å². The molecule has 0 radical (unpaired) electrons. The number of alkyl halides is 1. The normalized spacial score (nSPS) is 21.4. The molecule has 218 valence electrons. The summed E-state index contributed by atoms with van der Waals surface area (Å²) in [6.45, 7) is 11.2. The van der Waals surface area contributed by atoms with Crippen molar-refractivity contribution in [1.82, 2.24) is 30.0 Å². The smallest absolute Gasteiger partial charge is 0.318 e. The second-order valence-electron chi connectivity index (χ2n) is 11.3. The fraction of sp³-hybridized carbons (Fsp3) is 0.517. The first-order valence-electron chi connectivity index (χ1n) is 14.1. The molecule has 2 atom stereocenters. The summed E-state index contributed by atoms with van der Waals surface area (Å²) in [5.41, 5.74) is 6.46. The summed E-state index contributed by atoms with van der Waals surface area (Å²) in [5, 5.41) is 8.46. The van der Waals surface area contributed by atoms with Crippen LogP contribution >= 0.6 is 0 Å². The number of ether oxygens (including phenoxy) is 1. The van der Waals surface area contributed by atoms with E-state index < -0.39 is 17.9 Å². The van der Waals surface area contributed by atoms with E-state index in [4.69, 9.17) is 14.7 Å². The van der Waals surface area contributed by atoms with Crippen molar-refractivity contribution in [3.8, 4) is 6.01 Å². The molecule has 12 heteroatoms. The lowest BCUT2D eigenvalue weighted by Crippen LogP contribution is -2.49. The number of hydrogen-bond donors (Lipinski definition) is 1. The van der Waals surface area contributed by atoms with E-state index in [1.807, 2.05) is 18.1 Å². The van der Waals surface area contributed by atoms with E-state index >= 15 is 0 Å². The molecule has 1 aromatic carbocycles. The van der Waals surface area contributed by atoms with Crippen LogP contribution in [0.15, 0.2) is 24.7 Å². The van der Waals surface area contributed by atoms with Gasteiger partial charge < -0.3 is 19.4 Å². The van der Waals surface area contributed by atoms with Gasteiger partial charge in [0.2, 0.25) is 0 Å². The Kier molecular flexibility index (Phi) is 7.27. The van der Waals surface area contributed by atoms with Gasteiger partial charge in [-0.2, -0.15) is 15.1 Å². The highest BCUT2D eigenvalue weighted by atomic mass is 19.1. The van der Waals surface area contributed by atoms with Crippen LogP contribution in [0, 0.1) is 13.8 Å². The molecule has 2 saturated heterocycles. The molecule has 0 saturated carbocycles. The second-order valence-corrected chi connectivity index (χ2v) is 11.3. The maximum atomic E-state index is 14.0. The molecule has 0 bridgehead atoms. The van der Waals surface area contributed by atoms with E-state index in [1.165, 1.54) is 16.0 Å². The van der Waals surface area contributed by atoms with Crippen LogP contribution in [0.5, 0.6) is 6.01 Å². The zero-order chi connectivity index (χ0) is 28.8. The molecule has 0 unspecified atom stereocenters. The van der Waals surface area contributed by atoms with Crippen molar-refractivity contribution in [3.63, 3.8) is 0 Å². The third-order valence-corrected chi connectivity index (χ3v) is 8.71. The number of nitrogens with zero attached hydrogens (tertiary/aromatic N) is 7. The molecule has 3 aromatic rings. The lowest BCUT2D eigenvalue weighted by atomic mass is 9.99. The number of rotatable bonds is 6. The standard InChI is InChI=1S/C29H36F2N8O2/c1-17-11-24-23(13-32-35-24)26(18(17)2)39-6-5-22-25(15-39)33-29(41-16-21-12-20(31)14-36(21)4)34-27(22)37-7-9-38(10-8-37)28(40)19(3)30/h11,13,20-21H,3,5-10,12,14-16H2,1-2,4H3,(H,32,35)/t20-,21+/m1/s1. The first-order chi connectivity index (χ1) is 19.7. The van der Waals surface area contributed by atoms with E-state index in [9.17, 15) is 13.6 Å². The number of aryl methyl sites for hydroxylation is 1. The van der Waals surface area contributed by atoms with Crippen LogP contribution in [-0.4, -0.2) is 101 Å². The SMILES string of the molecule is C=C(F)C(=O)N1CCN(c2nc(OC[C@@H]3C[C@@H](F)CN3C)nc3c2CCN(c2c(C)c(C)cc4[nH]ncc24)C3)CC1. The number of aromatic nitrogens is 4. The molecule has 0 aliphatic carbocycles. The van der Waals surface area contributed by atoms with Crippen molar-refractivity contribution in [1.29, 1.82) is 0 Å². The quantitative estimate of drug-likeness (QED) is 0.455. The molecular formula is C29H36F2N8O2. The van der Waals surface area contributed by atoms with Gasteiger partial charge in [0, 0.05) is 56.3 Å². The lowest BCUT2D eigenvalue weighted by Gasteiger charge is -2.38. The van der Waals surface area contributed by atoms with Crippen molar-refractivity contribution < 1.29 is 18.3 Å². The van der Waals surface area contributed by atoms with Crippen molar-refractivity contribution in [2.75, 3.05) is 62.7 Å². The first-order valence-corrected chi connectivity index (χ1v) is 14.1. The van der Waals surface area contributed by atoms with Crippen molar-refractivity contribution >= 4 is 28.3 Å². The maximum absolute atomic E-state index is 14.0. The number of piperazine rings is 1. The molecule has 1 N–H and O–H groups in total. The maximum Gasteiger partial charge on any atom is 0.318 e. The number of likely N-dealkylation sites (N-methyl/N-ethyl adjacent to an activating group) is 1. The Morgan fingerprint density at radius 3 is 2.66 bits per heavy atom. The predicted molar refractivity (Wildman–Crippen MR) is 153 cm³/mol.